The zero-order valence-corrected chi connectivity index (χ0v) is 16.8. The van der Waals surface area contributed by atoms with Crippen LogP contribution < -0.4 is 10.2 Å². The number of nitrogens with zero attached hydrogens (tertiary/aromatic N) is 5. The van der Waals surface area contributed by atoms with Gasteiger partial charge in [-0.15, -0.1) is 0 Å². The van der Waals surface area contributed by atoms with Gasteiger partial charge in [-0.05, 0) is 24.8 Å². The summed E-state index contributed by atoms with van der Waals surface area (Å²) in [5.74, 6) is -0.238. The van der Waals surface area contributed by atoms with Gasteiger partial charge >= 0.3 is 0 Å². The van der Waals surface area contributed by atoms with Gasteiger partial charge in [-0.3, -0.25) is 14.3 Å². The molecular formula is C21H23FN6O2. The van der Waals surface area contributed by atoms with Crippen LogP contribution in [-0.4, -0.2) is 57.2 Å². The van der Waals surface area contributed by atoms with Gasteiger partial charge in [0, 0.05) is 50.6 Å². The lowest BCUT2D eigenvalue weighted by atomic mass is 9.92. The molecule has 156 valence electrons. The van der Waals surface area contributed by atoms with Gasteiger partial charge in [0.25, 0.3) is 5.91 Å². The van der Waals surface area contributed by atoms with E-state index < -0.39 is 5.82 Å². The van der Waals surface area contributed by atoms with Crippen LogP contribution >= 0.6 is 0 Å². The van der Waals surface area contributed by atoms with Crippen molar-refractivity contribution in [3.63, 3.8) is 0 Å². The average molecular weight is 410 g/mol. The first-order valence-electron chi connectivity index (χ1n) is 10.2. The van der Waals surface area contributed by atoms with Crippen molar-refractivity contribution in [2.24, 2.45) is 13.0 Å². The molecule has 2 atom stereocenters. The van der Waals surface area contributed by atoms with Gasteiger partial charge in [0.1, 0.15) is 0 Å². The molecule has 0 saturated carbocycles. The number of aryl methyl sites for hydroxylation is 1. The molecule has 0 bridgehead atoms. The minimum Gasteiger partial charge on any atom is -0.349 e. The number of pyridine rings is 1. The second-order valence-corrected chi connectivity index (χ2v) is 8.12. The lowest BCUT2D eigenvalue weighted by molar-refractivity contribution is -0.127. The summed E-state index contributed by atoms with van der Waals surface area (Å²) < 4.78 is 17.2. The number of fused-ring (bicyclic) bond motifs is 2. The monoisotopic (exact) mass is 410 g/mol. The molecule has 3 aliphatic rings. The predicted octanol–water partition coefficient (Wildman–Crippen LogP) is 1.48. The number of piperidine rings is 1. The number of carbonyl (C=O) groups is 2. The number of anilines is 1. The predicted molar refractivity (Wildman–Crippen MR) is 108 cm³/mol. The van der Waals surface area contributed by atoms with E-state index in [0.29, 0.717) is 42.4 Å². The number of hydrogen-bond donors (Lipinski definition) is 1. The Labute approximate surface area is 173 Å². The highest BCUT2D eigenvalue weighted by Gasteiger charge is 2.42. The van der Waals surface area contributed by atoms with Crippen LogP contribution in [0.1, 0.15) is 28.8 Å². The Hall–Kier alpha value is -3.23. The Balaban J connectivity index is 1.59. The van der Waals surface area contributed by atoms with E-state index in [0.717, 1.165) is 12.8 Å². The average Bonchev–Trinajstić information content (AvgIpc) is 3.46. The maximum absolute atomic E-state index is 15.6. The molecule has 2 aromatic heterocycles. The Morgan fingerprint density at radius 1 is 1.37 bits per heavy atom. The van der Waals surface area contributed by atoms with E-state index in [4.69, 9.17) is 0 Å². The molecule has 2 aromatic rings. The van der Waals surface area contributed by atoms with Crippen LogP contribution in [0.5, 0.6) is 0 Å². The first-order valence-corrected chi connectivity index (χ1v) is 10.2. The normalized spacial score (nSPS) is 22.7. The molecule has 2 amide bonds. The minimum absolute atomic E-state index is 0.00508. The molecule has 8 nitrogen and oxygen atoms in total. The van der Waals surface area contributed by atoms with Gasteiger partial charge < -0.3 is 15.1 Å². The fourth-order valence-corrected chi connectivity index (χ4v) is 4.94. The molecule has 0 radical (unpaired) electrons. The number of likely N-dealkylation sites (tertiary alicyclic amines) is 1. The number of nitrogens with one attached hydrogen (secondary N) is 1. The zero-order chi connectivity index (χ0) is 21.0. The molecule has 5 rings (SSSR count). The highest BCUT2D eigenvalue weighted by Crippen LogP contribution is 2.39. The van der Waals surface area contributed by atoms with Crippen LogP contribution in [0.2, 0.25) is 0 Å². The summed E-state index contributed by atoms with van der Waals surface area (Å²) in [5, 5.41) is 6.90. The van der Waals surface area contributed by atoms with Crippen LogP contribution in [0.15, 0.2) is 25.0 Å². The first-order chi connectivity index (χ1) is 14.5. The zero-order valence-electron chi connectivity index (χ0n) is 16.8. The van der Waals surface area contributed by atoms with Crippen molar-refractivity contribution < 1.29 is 14.0 Å². The Bertz CT molecular complexity index is 1060. The molecule has 3 aliphatic heterocycles. The van der Waals surface area contributed by atoms with E-state index in [2.05, 4.69) is 22.0 Å². The molecule has 1 N–H and O–H groups in total. The molecular weight excluding hydrogens is 387 g/mol. The third kappa shape index (κ3) is 2.79. The third-order valence-corrected chi connectivity index (χ3v) is 6.47. The highest BCUT2D eigenvalue weighted by molar-refractivity contribution is 6.04. The maximum atomic E-state index is 15.6. The lowest BCUT2D eigenvalue weighted by Crippen LogP contribution is -2.50. The van der Waals surface area contributed by atoms with E-state index in [9.17, 15) is 9.59 Å². The molecule has 2 unspecified atom stereocenters. The van der Waals surface area contributed by atoms with Crippen molar-refractivity contribution in [3.8, 4) is 11.3 Å². The highest BCUT2D eigenvalue weighted by atomic mass is 19.1. The Morgan fingerprint density at radius 2 is 2.17 bits per heavy atom. The fourth-order valence-electron chi connectivity index (χ4n) is 4.94. The number of carbonyl (C=O) groups excluding carboxylic acids is 2. The maximum Gasteiger partial charge on any atom is 0.254 e. The standard InChI is InChI=1S/C21H23FN6O2/c1-3-16(29)27-6-4-12-5-7-28(15(12)11-27)20-18(22)14-9-23-21(30)17(14)19(25-20)13-8-24-26(2)10-13/h3,8,10,12,15H,1,4-7,9,11H2,2H3,(H,23,30). The van der Waals surface area contributed by atoms with Crippen molar-refractivity contribution in [2.75, 3.05) is 24.5 Å². The number of hydrogen-bond acceptors (Lipinski definition) is 5. The van der Waals surface area contributed by atoms with Crippen LogP contribution in [0, 0.1) is 11.7 Å². The molecule has 5 heterocycles. The molecule has 2 fully saturated rings. The van der Waals surface area contributed by atoms with Gasteiger partial charge in [-0.1, -0.05) is 6.58 Å². The number of amides is 2. The van der Waals surface area contributed by atoms with Crippen LogP contribution in [-0.2, 0) is 18.4 Å². The van der Waals surface area contributed by atoms with Crippen LogP contribution in [0.25, 0.3) is 11.3 Å². The smallest absolute Gasteiger partial charge is 0.254 e. The first kappa shape index (κ1) is 18.8. The third-order valence-electron chi connectivity index (χ3n) is 6.47. The summed E-state index contributed by atoms with van der Waals surface area (Å²) in [6.07, 6.45) is 6.54. The van der Waals surface area contributed by atoms with Crippen molar-refractivity contribution in [1.82, 2.24) is 25.0 Å². The summed E-state index contributed by atoms with van der Waals surface area (Å²) in [7, 11) is 1.78. The van der Waals surface area contributed by atoms with Crippen LogP contribution in [0.4, 0.5) is 10.2 Å². The number of halogens is 1. The summed E-state index contributed by atoms with van der Waals surface area (Å²) in [5.41, 5.74) is 1.76. The van der Waals surface area contributed by atoms with Gasteiger partial charge in [0.05, 0.1) is 23.5 Å². The van der Waals surface area contributed by atoms with E-state index >= 15 is 4.39 Å². The fraction of sp³-hybridized carbons (Fsp3) is 0.429. The number of rotatable bonds is 3. The number of aromatic nitrogens is 3. The molecule has 2 saturated heterocycles. The van der Waals surface area contributed by atoms with Crippen molar-refractivity contribution in [2.45, 2.75) is 25.4 Å². The SMILES string of the molecule is C=CC(=O)N1CCC2CCN(c3nc(-c4cnn(C)c4)c4c(c3F)CNC4=O)C2C1. The summed E-state index contributed by atoms with van der Waals surface area (Å²) in [4.78, 5) is 33.0. The molecule has 0 spiro atoms. The largest absolute Gasteiger partial charge is 0.349 e. The second kappa shape index (κ2) is 6.93. The second-order valence-electron chi connectivity index (χ2n) is 8.12. The Kier molecular flexibility index (Phi) is 4.34. The molecule has 30 heavy (non-hydrogen) atoms. The molecule has 0 aromatic carbocycles. The summed E-state index contributed by atoms with van der Waals surface area (Å²) >= 11 is 0. The van der Waals surface area contributed by atoms with Crippen molar-refractivity contribution >= 4 is 17.6 Å². The van der Waals surface area contributed by atoms with Gasteiger partial charge in [0.15, 0.2) is 11.6 Å². The quantitative estimate of drug-likeness (QED) is 0.775. The Morgan fingerprint density at radius 3 is 2.90 bits per heavy atom. The molecule has 9 heteroatoms. The summed E-state index contributed by atoms with van der Waals surface area (Å²) in [6.45, 7) is 5.61. The minimum atomic E-state index is -0.455. The van der Waals surface area contributed by atoms with E-state index in [1.165, 1.54) is 6.08 Å². The molecule has 0 aliphatic carbocycles. The van der Waals surface area contributed by atoms with Crippen molar-refractivity contribution in [1.29, 1.82) is 0 Å². The summed E-state index contributed by atoms with van der Waals surface area (Å²) in [6, 6.07) is -0.00508. The van der Waals surface area contributed by atoms with Crippen molar-refractivity contribution in [3.05, 3.63) is 42.0 Å². The van der Waals surface area contributed by atoms with Gasteiger partial charge in [0.2, 0.25) is 5.91 Å². The van der Waals surface area contributed by atoms with E-state index in [1.54, 1.807) is 29.0 Å². The lowest BCUT2D eigenvalue weighted by Gasteiger charge is -2.38. The van der Waals surface area contributed by atoms with E-state index in [1.807, 2.05) is 4.90 Å². The van der Waals surface area contributed by atoms with Crippen LogP contribution in [0.3, 0.4) is 0 Å². The van der Waals surface area contributed by atoms with Gasteiger partial charge in [-0.25, -0.2) is 9.37 Å². The van der Waals surface area contributed by atoms with E-state index in [-0.39, 0.29) is 35.8 Å². The van der Waals surface area contributed by atoms with Gasteiger partial charge in [-0.2, -0.15) is 5.10 Å². The topological polar surface area (TPSA) is 83.4 Å².